The lowest BCUT2D eigenvalue weighted by Gasteiger charge is -2.16. The van der Waals surface area contributed by atoms with E-state index in [0.29, 0.717) is 16.3 Å². The second-order valence-corrected chi connectivity index (χ2v) is 7.73. The van der Waals surface area contributed by atoms with Crippen LogP contribution in [-0.2, 0) is 4.79 Å². The van der Waals surface area contributed by atoms with Crippen molar-refractivity contribution in [2.45, 2.75) is 32.4 Å². The minimum atomic E-state index is -0.956. The van der Waals surface area contributed by atoms with E-state index in [9.17, 15) is 9.59 Å². The van der Waals surface area contributed by atoms with Gasteiger partial charge in [0.05, 0.1) is 10.8 Å². The lowest BCUT2D eigenvalue weighted by Crippen LogP contribution is -2.18. The van der Waals surface area contributed by atoms with Crippen LogP contribution in [0.2, 0.25) is 0 Å². The van der Waals surface area contributed by atoms with Gasteiger partial charge in [-0.1, -0.05) is 20.8 Å². The Balaban J connectivity index is 2.60. The summed E-state index contributed by atoms with van der Waals surface area (Å²) in [6.07, 6.45) is 0. The van der Waals surface area contributed by atoms with Crippen molar-refractivity contribution in [3.63, 3.8) is 0 Å². The average molecular weight is 287 g/mol. The maximum atomic E-state index is 11.7. The molecule has 1 amide bonds. The van der Waals surface area contributed by atoms with Crippen LogP contribution >= 0.6 is 23.1 Å². The molecule has 0 aliphatic heterocycles. The van der Waals surface area contributed by atoms with Crippen molar-refractivity contribution in [3.8, 4) is 0 Å². The van der Waals surface area contributed by atoms with Crippen molar-refractivity contribution in [1.29, 1.82) is 0 Å². The minimum Gasteiger partial charge on any atom is -0.477 e. The summed E-state index contributed by atoms with van der Waals surface area (Å²) in [4.78, 5) is 22.8. The molecule has 0 unspecified atom stereocenters. The topological polar surface area (TPSA) is 66.4 Å². The first-order valence-corrected chi connectivity index (χ1v) is 7.27. The number of rotatable bonds is 4. The number of hydrogen-bond acceptors (Lipinski definition) is 4. The summed E-state index contributed by atoms with van der Waals surface area (Å²) < 4.78 is 0.0366. The molecule has 1 heterocycles. The molecule has 0 atom stereocenters. The molecule has 0 fully saturated rings. The Hall–Kier alpha value is -1.01. The van der Waals surface area contributed by atoms with Gasteiger partial charge in [0.2, 0.25) is 5.91 Å². The van der Waals surface area contributed by atoms with Crippen molar-refractivity contribution in [2.75, 3.05) is 11.1 Å². The molecule has 0 spiro atoms. The van der Waals surface area contributed by atoms with Crippen LogP contribution in [0.15, 0.2) is 6.07 Å². The molecule has 0 saturated heterocycles. The number of anilines is 1. The highest BCUT2D eigenvalue weighted by Crippen LogP contribution is 2.27. The first-order valence-electron chi connectivity index (χ1n) is 5.46. The third-order valence-electron chi connectivity index (χ3n) is 2.01. The van der Waals surface area contributed by atoms with Gasteiger partial charge in [0.25, 0.3) is 0 Å². The van der Waals surface area contributed by atoms with Gasteiger partial charge in [0.1, 0.15) is 4.88 Å². The van der Waals surface area contributed by atoms with Gasteiger partial charge < -0.3 is 10.4 Å². The molecule has 1 aromatic heterocycles. The zero-order valence-electron chi connectivity index (χ0n) is 10.9. The van der Waals surface area contributed by atoms with Crippen LogP contribution in [0.4, 0.5) is 5.00 Å². The molecule has 18 heavy (non-hydrogen) atoms. The highest BCUT2D eigenvalue weighted by Gasteiger charge is 2.16. The van der Waals surface area contributed by atoms with Gasteiger partial charge in [-0.15, -0.1) is 23.1 Å². The van der Waals surface area contributed by atoms with Crippen LogP contribution in [-0.4, -0.2) is 27.5 Å². The minimum absolute atomic E-state index is 0.0366. The zero-order valence-corrected chi connectivity index (χ0v) is 12.5. The lowest BCUT2D eigenvalue weighted by atomic mass is 10.3. The number of aryl methyl sites for hydroxylation is 1. The number of hydrogen-bond donors (Lipinski definition) is 2. The fourth-order valence-electron chi connectivity index (χ4n) is 1.21. The molecule has 100 valence electrons. The maximum Gasteiger partial charge on any atom is 0.346 e. The SMILES string of the molecule is Cc1cc(NC(=O)CSC(C)(C)C)sc1C(=O)O. The smallest absolute Gasteiger partial charge is 0.346 e. The number of carbonyl (C=O) groups excluding carboxylic acids is 1. The Bertz CT molecular complexity index is 460. The molecule has 4 nitrogen and oxygen atoms in total. The number of thioether (sulfide) groups is 1. The van der Waals surface area contributed by atoms with Crippen LogP contribution in [0.5, 0.6) is 0 Å². The van der Waals surface area contributed by atoms with E-state index in [1.54, 1.807) is 24.8 Å². The van der Waals surface area contributed by atoms with Crippen LogP contribution < -0.4 is 5.32 Å². The molecular formula is C12H17NO3S2. The summed E-state index contributed by atoms with van der Waals surface area (Å²) in [7, 11) is 0. The van der Waals surface area contributed by atoms with E-state index in [1.165, 1.54) is 0 Å². The predicted molar refractivity (Wildman–Crippen MR) is 76.9 cm³/mol. The Labute approximate surface area is 115 Å². The van der Waals surface area contributed by atoms with Crippen molar-refractivity contribution in [2.24, 2.45) is 0 Å². The molecule has 0 aliphatic carbocycles. The zero-order chi connectivity index (χ0) is 13.9. The Kier molecular flexibility index (Phi) is 4.81. The number of aromatic carboxylic acids is 1. The highest BCUT2D eigenvalue weighted by atomic mass is 32.2. The Morgan fingerprint density at radius 2 is 2.06 bits per heavy atom. The first-order chi connectivity index (χ1) is 8.19. The Morgan fingerprint density at radius 1 is 1.44 bits per heavy atom. The normalized spacial score (nSPS) is 11.3. The summed E-state index contributed by atoms with van der Waals surface area (Å²) in [6, 6.07) is 1.69. The number of carboxylic acid groups (broad SMARTS) is 1. The van der Waals surface area contributed by atoms with Gasteiger partial charge in [-0.2, -0.15) is 0 Å². The summed E-state index contributed by atoms with van der Waals surface area (Å²) >= 11 is 2.64. The van der Waals surface area contributed by atoms with Gasteiger partial charge >= 0.3 is 5.97 Å². The summed E-state index contributed by atoms with van der Waals surface area (Å²) in [5.41, 5.74) is 0.672. The second kappa shape index (κ2) is 5.75. The predicted octanol–water partition coefficient (Wildman–Crippen LogP) is 3.22. The molecule has 0 aromatic carbocycles. The van der Waals surface area contributed by atoms with Gasteiger partial charge in [-0.25, -0.2) is 4.79 Å². The molecule has 0 radical (unpaired) electrons. The van der Waals surface area contributed by atoms with Crippen molar-refractivity contribution in [3.05, 3.63) is 16.5 Å². The van der Waals surface area contributed by atoms with E-state index >= 15 is 0 Å². The van der Waals surface area contributed by atoms with E-state index in [4.69, 9.17) is 5.11 Å². The molecular weight excluding hydrogens is 270 g/mol. The maximum absolute atomic E-state index is 11.7. The standard InChI is InChI=1S/C12H17NO3S2/c1-7-5-9(18-10(7)11(15)16)13-8(14)6-17-12(2,3)4/h5H,6H2,1-4H3,(H,13,14)(H,15,16). The van der Waals surface area contributed by atoms with Crippen molar-refractivity contribution in [1.82, 2.24) is 0 Å². The van der Waals surface area contributed by atoms with E-state index in [2.05, 4.69) is 5.32 Å². The van der Waals surface area contributed by atoms with Crippen LogP contribution in [0.3, 0.4) is 0 Å². The summed E-state index contributed by atoms with van der Waals surface area (Å²) in [6.45, 7) is 7.85. The van der Waals surface area contributed by atoms with E-state index in [0.717, 1.165) is 11.3 Å². The Morgan fingerprint density at radius 3 is 2.50 bits per heavy atom. The molecule has 6 heteroatoms. The molecule has 2 N–H and O–H groups in total. The molecule has 0 aliphatic rings. The number of amides is 1. The average Bonchev–Trinajstić information content (AvgIpc) is 2.55. The van der Waals surface area contributed by atoms with Crippen molar-refractivity contribution >= 4 is 40.0 Å². The van der Waals surface area contributed by atoms with E-state index in [1.807, 2.05) is 20.8 Å². The number of carbonyl (C=O) groups is 2. The number of nitrogens with one attached hydrogen (secondary N) is 1. The summed E-state index contributed by atoms with van der Waals surface area (Å²) in [5, 5.41) is 12.2. The van der Waals surface area contributed by atoms with Crippen LogP contribution in [0, 0.1) is 6.92 Å². The van der Waals surface area contributed by atoms with E-state index < -0.39 is 5.97 Å². The summed E-state index contributed by atoms with van der Waals surface area (Å²) in [5.74, 6) is -0.696. The molecule has 1 rings (SSSR count). The van der Waals surface area contributed by atoms with Gasteiger partial charge in [-0.05, 0) is 18.6 Å². The third-order valence-corrected chi connectivity index (χ3v) is 4.42. The van der Waals surface area contributed by atoms with Gasteiger partial charge in [-0.3, -0.25) is 4.79 Å². The van der Waals surface area contributed by atoms with E-state index in [-0.39, 0.29) is 15.5 Å². The van der Waals surface area contributed by atoms with Gasteiger partial charge in [0, 0.05) is 4.75 Å². The lowest BCUT2D eigenvalue weighted by molar-refractivity contribution is -0.113. The number of carboxylic acids is 1. The monoisotopic (exact) mass is 287 g/mol. The number of thiophene rings is 1. The second-order valence-electron chi connectivity index (χ2n) is 4.88. The highest BCUT2D eigenvalue weighted by molar-refractivity contribution is 8.01. The van der Waals surface area contributed by atoms with Crippen LogP contribution in [0.25, 0.3) is 0 Å². The molecule has 1 aromatic rings. The quantitative estimate of drug-likeness (QED) is 0.892. The molecule has 0 bridgehead atoms. The largest absolute Gasteiger partial charge is 0.477 e. The first kappa shape index (κ1) is 15.0. The van der Waals surface area contributed by atoms with Gasteiger partial charge in [0.15, 0.2) is 0 Å². The fourth-order valence-corrected chi connectivity index (χ4v) is 2.78. The fraction of sp³-hybridized carbons (Fsp3) is 0.500. The van der Waals surface area contributed by atoms with Crippen molar-refractivity contribution < 1.29 is 14.7 Å². The molecule has 0 saturated carbocycles. The van der Waals surface area contributed by atoms with Crippen LogP contribution in [0.1, 0.15) is 36.0 Å². The third kappa shape index (κ3) is 4.70.